The van der Waals surface area contributed by atoms with Gasteiger partial charge in [0.05, 0.1) is 0 Å². The second-order valence-electron chi connectivity index (χ2n) is 5.80. The molecule has 0 aliphatic carbocycles. The Bertz CT molecular complexity index is 534. The topological polar surface area (TPSA) is 40.6 Å². The Hall–Kier alpha value is -1.84. The normalized spacial score (nSPS) is 14.3. The molecule has 0 unspecified atom stereocenters. The quantitative estimate of drug-likeness (QED) is 0.854. The number of likely N-dealkylation sites (tertiary alicyclic amines) is 1. The molecule has 1 fully saturated rings. The van der Waals surface area contributed by atoms with E-state index in [0.29, 0.717) is 13.0 Å². The third-order valence-corrected chi connectivity index (χ3v) is 4.04. The van der Waals surface area contributed by atoms with Gasteiger partial charge in [0.15, 0.2) is 0 Å². The summed E-state index contributed by atoms with van der Waals surface area (Å²) in [6, 6.07) is 6.06. The van der Waals surface area contributed by atoms with E-state index in [1.54, 1.807) is 11.8 Å². The number of carbonyl (C=O) groups is 2. The molecule has 1 saturated heterocycles. The van der Waals surface area contributed by atoms with E-state index >= 15 is 0 Å². The van der Waals surface area contributed by atoms with Gasteiger partial charge in [0.25, 0.3) is 0 Å². The van der Waals surface area contributed by atoms with Gasteiger partial charge in [0, 0.05) is 38.7 Å². The lowest BCUT2D eigenvalue weighted by Gasteiger charge is -2.24. The van der Waals surface area contributed by atoms with Crippen LogP contribution < -0.4 is 4.90 Å². The monoisotopic (exact) mass is 288 g/mol. The fourth-order valence-corrected chi connectivity index (χ4v) is 2.79. The standard InChI is InChI=1S/C17H24N2O2/c1-13-6-7-14(2)16(12-13)19(15(3)20)11-8-17(21)18-9-4-5-10-18/h6-7,12H,4-5,8-11H2,1-3H3. The van der Waals surface area contributed by atoms with Crippen LogP contribution >= 0.6 is 0 Å². The Morgan fingerprint density at radius 3 is 2.48 bits per heavy atom. The van der Waals surface area contributed by atoms with Crippen molar-refractivity contribution in [1.29, 1.82) is 0 Å². The number of rotatable bonds is 4. The summed E-state index contributed by atoms with van der Waals surface area (Å²) in [5, 5.41) is 0. The highest BCUT2D eigenvalue weighted by Crippen LogP contribution is 2.22. The molecule has 1 heterocycles. The molecule has 1 aromatic carbocycles. The number of anilines is 1. The number of hydrogen-bond acceptors (Lipinski definition) is 2. The lowest BCUT2D eigenvalue weighted by Crippen LogP contribution is -2.35. The average Bonchev–Trinajstić information content (AvgIpc) is 2.96. The number of nitrogens with zero attached hydrogens (tertiary/aromatic N) is 2. The fourth-order valence-electron chi connectivity index (χ4n) is 2.79. The zero-order valence-electron chi connectivity index (χ0n) is 13.2. The van der Waals surface area contributed by atoms with Gasteiger partial charge in [-0.1, -0.05) is 12.1 Å². The molecule has 2 amide bonds. The summed E-state index contributed by atoms with van der Waals surface area (Å²) in [5.41, 5.74) is 3.09. The van der Waals surface area contributed by atoms with Crippen LogP contribution in [0.3, 0.4) is 0 Å². The largest absolute Gasteiger partial charge is 0.343 e. The molecule has 0 saturated carbocycles. The molecule has 2 rings (SSSR count). The van der Waals surface area contributed by atoms with Crippen LogP contribution in [0.4, 0.5) is 5.69 Å². The first kappa shape index (κ1) is 15.5. The molecule has 1 aromatic rings. The summed E-state index contributed by atoms with van der Waals surface area (Å²) >= 11 is 0. The lowest BCUT2D eigenvalue weighted by atomic mass is 10.1. The third kappa shape index (κ3) is 3.84. The Labute approximate surface area is 126 Å². The molecule has 1 aliphatic rings. The number of hydrogen-bond donors (Lipinski definition) is 0. The van der Waals surface area contributed by atoms with Crippen LogP contribution in [-0.2, 0) is 9.59 Å². The first-order valence-corrected chi connectivity index (χ1v) is 7.62. The van der Waals surface area contributed by atoms with Crippen molar-refractivity contribution in [1.82, 2.24) is 4.90 Å². The van der Waals surface area contributed by atoms with Crippen LogP contribution in [0.2, 0.25) is 0 Å². The van der Waals surface area contributed by atoms with E-state index in [9.17, 15) is 9.59 Å². The van der Waals surface area contributed by atoms with Gasteiger partial charge in [-0.15, -0.1) is 0 Å². The minimum absolute atomic E-state index is 0.0158. The summed E-state index contributed by atoms with van der Waals surface area (Å²) in [4.78, 5) is 27.7. The molecule has 0 spiro atoms. The van der Waals surface area contributed by atoms with Crippen molar-refractivity contribution in [3.05, 3.63) is 29.3 Å². The van der Waals surface area contributed by atoms with Gasteiger partial charge < -0.3 is 9.80 Å². The fraction of sp³-hybridized carbons (Fsp3) is 0.529. The molecular weight excluding hydrogens is 264 g/mol. The molecule has 1 aliphatic heterocycles. The van der Waals surface area contributed by atoms with Crippen LogP contribution in [0, 0.1) is 13.8 Å². The van der Waals surface area contributed by atoms with Crippen molar-refractivity contribution >= 4 is 17.5 Å². The molecule has 4 heteroatoms. The minimum Gasteiger partial charge on any atom is -0.343 e. The molecule has 0 bridgehead atoms. The molecule has 0 N–H and O–H groups in total. The van der Waals surface area contributed by atoms with Crippen molar-refractivity contribution < 1.29 is 9.59 Å². The first-order valence-electron chi connectivity index (χ1n) is 7.62. The van der Waals surface area contributed by atoms with Gasteiger partial charge in [-0.25, -0.2) is 0 Å². The van der Waals surface area contributed by atoms with E-state index in [1.165, 1.54) is 0 Å². The van der Waals surface area contributed by atoms with Crippen molar-refractivity contribution in [2.24, 2.45) is 0 Å². The molecule has 0 atom stereocenters. The molecule has 114 valence electrons. The van der Waals surface area contributed by atoms with Crippen LogP contribution in [0.15, 0.2) is 18.2 Å². The highest BCUT2D eigenvalue weighted by molar-refractivity contribution is 5.93. The van der Waals surface area contributed by atoms with E-state index in [0.717, 1.165) is 42.7 Å². The van der Waals surface area contributed by atoms with Crippen molar-refractivity contribution in [2.45, 2.75) is 40.0 Å². The Kier molecular flexibility index (Phi) is 4.99. The third-order valence-electron chi connectivity index (χ3n) is 4.04. The van der Waals surface area contributed by atoms with Crippen LogP contribution in [-0.4, -0.2) is 36.3 Å². The molecule has 0 radical (unpaired) electrons. The van der Waals surface area contributed by atoms with Gasteiger partial charge in [0.1, 0.15) is 0 Å². The summed E-state index contributed by atoms with van der Waals surface area (Å²) in [7, 11) is 0. The first-order chi connectivity index (χ1) is 9.99. The Morgan fingerprint density at radius 2 is 1.86 bits per heavy atom. The van der Waals surface area contributed by atoms with Gasteiger partial charge in [-0.05, 0) is 43.9 Å². The van der Waals surface area contributed by atoms with Gasteiger partial charge in [-0.2, -0.15) is 0 Å². The van der Waals surface area contributed by atoms with E-state index in [4.69, 9.17) is 0 Å². The second-order valence-corrected chi connectivity index (χ2v) is 5.80. The van der Waals surface area contributed by atoms with Crippen molar-refractivity contribution in [3.8, 4) is 0 Å². The van der Waals surface area contributed by atoms with Gasteiger partial charge in [-0.3, -0.25) is 9.59 Å². The van der Waals surface area contributed by atoms with E-state index in [-0.39, 0.29) is 11.8 Å². The highest BCUT2D eigenvalue weighted by Gasteiger charge is 2.20. The summed E-state index contributed by atoms with van der Waals surface area (Å²) in [6.07, 6.45) is 2.59. The molecule has 4 nitrogen and oxygen atoms in total. The molecular formula is C17H24N2O2. The maximum Gasteiger partial charge on any atom is 0.224 e. The van der Waals surface area contributed by atoms with Crippen LogP contribution in [0.25, 0.3) is 0 Å². The molecule has 21 heavy (non-hydrogen) atoms. The average molecular weight is 288 g/mol. The number of benzene rings is 1. The predicted octanol–water partition coefficient (Wildman–Crippen LogP) is 2.67. The smallest absolute Gasteiger partial charge is 0.224 e. The van der Waals surface area contributed by atoms with Gasteiger partial charge >= 0.3 is 0 Å². The zero-order valence-corrected chi connectivity index (χ0v) is 13.2. The summed E-state index contributed by atoms with van der Waals surface area (Å²) in [6.45, 7) is 7.74. The maximum absolute atomic E-state index is 12.1. The number of amides is 2. The van der Waals surface area contributed by atoms with E-state index in [2.05, 4.69) is 0 Å². The summed E-state index contributed by atoms with van der Waals surface area (Å²) in [5.74, 6) is 0.141. The van der Waals surface area contributed by atoms with Gasteiger partial charge in [0.2, 0.25) is 11.8 Å². The zero-order chi connectivity index (χ0) is 15.4. The second kappa shape index (κ2) is 6.74. The Morgan fingerprint density at radius 1 is 1.19 bits per heavy atom. The predicted molar refractivity (Wildman–Crippen MR) is 84.4 cm³/mol. The minimum atomic E-state index is -0.0158. The SMILES string of the molecule is CC(=O)N(CCC(=O)N1CCCC1)c1cc(C)ccc1C. The number of carbonyl (C=O) groups excluding carboxylic acids is 2. The van der Waals surface area contributed by atoms with Crippen LogP contribution in [0.5, 0.6) is 0 Å². The van der Waals surface area contributed by atoms with E-state index < -0.39 is 0 Å². The number of aryl methyl sites for hydroxylation is 2. The van der Waals surface area contributed by atoms with Crippen molar-refractivity contribution in [2.75, 3.05) is 24.5 Å². The maximum atomic E-state index is 12.1. The van der Waals surface area contributed by atoms with Crippen LogP contribution in [0.1, 0.15) is 37.3 Å². The lowest BCUT2D eigenvalue weighted by molar-refractivity contribution is -0.129. The summed E-state index contributed by atoms with van der Waals surface area (Å²) < 4.78 is 0. The van der Waals surface area contributed by atoms with E-state index in [1.807, 2.05) is 36.9 Å². The van der Waals surface area contributed by atoms with Crippen molar-refractivity contribution in [3.63, 3.8) is 0 Å². The Balaban J connectivity index is 2.07. The molecule has 0 aromatic heterocycles. The highest BCUT2D eigenvalue weighted by atomic mass is 16.2.